The van der Waals surface area contributed by atoms with Gasteiger partial charge in [-0.05, 0) is 37.1 Å². The average molecular weight is 264 g/mol. The number of aryl methyl sites for hydroxylation is 1. The van der Waals surface area contributed by atoms with Crippen LogP contribution in [0.15, 0.2) is 18.2 Å². The SMILES string of the molecule is Cc1cc(C(=O)NC2CCC(=O)N(C)C2)ccc1F. The first kappa shape index (κ1) is 13.5. The smallest absolute Gasteiger partial charge is 0.251 e. The Morgan fingerprint density at radius 3 is 2.84 bits per heavy atom. The molecule has 0 aromatic heterocycles. The minimum absolute atomic E-state index is 0.0411. The van der Waals surface area contributed by atoms with Gasteiger partial charge in [0.05, 0.1) is 0 Å². The zero-order chi connectivity index (χ0) is 14.0. The molecule has 1 aliphatic rings. The number of benzene rings is 1. The fourth-order valence-corrected chi connectivity index (χ4v) is 2.18. The van der Waals surface area contributed by atoms with Crippen molar-refractivity contribution in [2.24, 2.45) is 0 Å². The lowest BCUT2D eigenvalue weighted by Gasteiger charge is -2.30. The molecule has 19 heavy (non-hydrogen) atoms. The van der Waals surface area contributed by atoms with E-state index in [0.717, 1.165) is 0 Å². The van der Waals surface area contributed by atoms with Crippen LogP contribution in [0.2, 0.25) is 0 Å². The lowest BCUT2D eigenvalue weighted by Crippen LogP contribution is -2.48. The van der Waals surface area contributed by atoms with Gasteiger partial charge in [0.1, 0.15) is 5.82 Å². The van der Waals surface area contributed by atoms with Crippen molar-refractivity contribution in [1.29, 1.82) is 0 Å². The summed E-state index contributed by atoms with van der Waals surface area (Å²) in [5, 5.41) is 2.88. The molecular formula is C14H17FN2O2. The molecule has 1 aliphatic heterocycles. The molecule has 0 bridgehead atoms. The molecular weight excluding hydrogens is 247 g/mol. The second kappa shape index (κ2) is 5.38. The Morgan fingerprint density at radius 2 is 2.21 bits per heavy atom. The maximum Gasteiger partial charge on any atom is 0.251 e. The number of likely N-dealkylation sites (N-methyl/N-ethyl adjacent to an activating group) is 1. The number of halogens is 1. The number of nitrogens with zero attached hydrogens (tertiary/aromatic N) is 1. The van der Waals surface area contributed by atoms with Crippen LogP contribution >= 0.6 is 0 Å². The van der Waals surface area contributed by atoms with Gasteiger partial charge in [0.2, 0.25) is 5.91 Å². The van der Waals surface area contributed by atoms with Crippen LogP contribution in [-0.2, 0) is 4.79 Å². The Hall–Kier alpha value is -1.91. The molecule has 0 saturated carbocycles. The zero-order valence-electron chi connectivity index (χ0n) is 11.1. The first-order valence-corrected chi connectivity index (χ1v) is 6.28. The van der Waals surface area contributed by atoms with E-state index < -0.39 is 0 Å². The van der Waals surface area contributed by atoms with E-state index in [2.05, 4.69) is 5.32 Å². The quantitative estimate of drug-likeness (QED) is 0.879. The summed E-state index contributed by atoms with van der Waals surface area (Å²) in [6.45, 7) is 2.14. The van der Waals surface area contributed by atoms with Gasteiger partial charge in [-0.25, -0.2) is 4.39 Å². The van der Waals surface area contributed by atoms with Crippen LogP contribution in [0.4, 0.5) is 4.39 Å². The van der Waals surface area contributed by atoms with E-state index in [0.29, 0.717) is 30.5 Å². The number of hydrogen-bond acceptors (Lipinski definition) is 2. The minimum Gasteiger partial charge on any atom is -0.348 e. The second-order valence-electron chi connectivity index (χ2n) is 4.95. The van der Waals surface area contributed by atoms with Gasteiger partial charge in [-0.15, -0.1) is 0 Å². The fourth-order valence-electron chi connectivity index (χ4n) is 2.18. The molecule has 2 amide bonds. The van der Waals surface area contributed by atoms with Crippen LogP contribution in [0.1, 0.15) is 28.8 Å². The van der Waals surface area contributed by atoms with Crippen molar-refractivity contribution in [1.82, 2.24) is 10.2 Å². The van der Waals surface area contributed by atoms with Crippen molar-refractivity contribution in [2.45, 2.75) is 25.8 Å². The number of carbonyl (C=O) groups is 2. The summed E-state index contributed by atoms with van der Waals surface area (Å²) in [5.74, 6) is -0.446. The normalized spacial score (nSPS) is 19.4. The van der Waals surface area contributed by atoms with E-state index in [4.69, 9.17) is 0 Å². The van der Waals surface area contributed by atoms with Gasteiger partial charge in [-0.3, -0.25) is 9.59 Å². The lowest BCUT2D eigenvalue weighted by atomic mass is 10.0. The monoisotopic (exact) mass is 264 g/mol. The molecule has 1 heterocycles. The second-order valence-corrected chi connectivity index (χ2v) is 4.95. The molecule has 0 radical (unpaired) electrons. The predicted molar refractivity (Wildman–Crippen MR) is 69.3 cm³/mol. The Morgan fingerprint density at radius 1 is 1.47 bits per heavy atom. The van der Waals surface area contributed by atoms with Crippen molar-refractivity contribution in [3.8, 4) is 0 Å². The highest BCUT2D eigenvalue weighted by Gasteiger charge is 2.24. The van der Waals surface area contributed by atoms with E-state index in [1.807, 2.05) is 0 Å². The van der Waals surface area contributed by atoms with Crippen LogP contribution in [-0.4, -0.2) is 36.3 Å². The van der Waals surface area contributed by atoms with E-state index >= 15 is 0 Å². The first-order chi connectivity index (χ1) is 8.97. The molecule has 5 heteroatoms. The van der Waals surface area contributed by atoms with Gasteiger partial charge in [-0.1, -0.05) is 0 Å². The lowest BCUT2D eigenvalue weighted by molar-refractivity contribution is -0.132. The van der Waals surface area contributed by atoms with E-state index in [9.17, 15) is 14.0 Å². The number of rotatable bonds is 2. The predicted octanol–water partition coefficient (Wildman–Crippen LogP) is 1.48. The van der Waals surface area contributed by atoms with Crippen LogP contribution in [0, 0.1) is 12.7 Å². The van der Waals surface area contributed by atoms with E-state index in [-0.39, 0.29) is 23.7 Å². The van der Waals surface area contributed by atoms with Crippen molar-refractivity contribution in [3.63, 3.8) is 0 Å². The maximum atomic E-state index is 13.1. The number of likely N-dealkylation sites (tertiary alicyclic amines) is 1. The molecule has 4 nitrogen and oxygen atoms in total. The number of carbonyl (C=O) groups excluding carboxylic acids is 2. The van der Waals surface area contributed by atoms with Crippen LogP contribution in [0.25, 0.3) is 0 Å². The molecule has 1 atom stereocenters. The minimum atomic E-state index is -0.320. The maximum absolute atomic E-state index is 13.1. The highest BCUT2D eigenvalue weighted by atomic mass is 19.1. The van der Waals surface area contributed by atoms with Crippen molar-refractivity contribution < 1.29 is 14.0 Å². The molecule has 1 aromatic rings. The largest absolute Gasteiger partial charge is 0.348 e. The molecule has 1 aromatic carbocycles. The van der Waals surface area contributed by atoms with Crippen LogP contribution in [0.5, 0.6) is 0 Å². The Labute approximate surface area is 111 Å². The standard InChI is InChI=1S/C14H17FN2O2/c1-9-7-10(3-5-12(9)15)14(19)16-11-4-6-13(18)17(2)8-11/h3,5,7,11H,4,6,8H2,1-2H3,(H,16,19). The summed E-state index contributed by atoms with van der Waals surface area (Å²) in [6, 6.07) is 4.25. The van der Waals surface area contributed by atoms with Gasteiger partial charge >= 0.3 is 0 Å². The summed E-state index contributed by atoms with van der Waals surface area (Å²) in [4.78, 5) is 25.0. The number of nitrogens with one attached hydrogen (secondary N) is 1. The van der Waals surface area contributed by atoms with Gasteiger partial charge in [0.25, 0.3) is 5.91 Å². The van der Waals surface area contributed by atoms with Crippen molar-refractivity contribution >= 4 is 11.8 Å². The molecule has 0 spiro atoms. The summed E-state index contributed by atoms with van der Waals surface area (Å²) in [5.41, 5.74) is 0.891. The van der Waals surface area contributed by atoms with Gasteiger partial charge in [0, 0.05) is 31.6 Å². The molecule has 1 unspecified atom stereocenters. The zero-order valence-corrected chi connectivity index (χ0v) is 11.1. The highest BCUT2D eigenvalue weighted by Crippen LogP contribution is 2.12. The number of piperidine rings is 1. The summed E-state index contributed by atoms with van der Waals surface area (Å²) in [7, 11) is 1.72. The third-order valence-corrected chi connectivity index (χ3v) is 3.38. The summed E-state index contributed by atoms with van der Waals surface area (Å²) >= 11 is 0. The summed E-state index contributed by atoms with van der Waals surface area (Å²) < 4.78 is 13.1. The highest BCUT2D eigenvalue weighted by molar-refractivity contribution is 5.94. The first-order valence-electron chi connectivity index (χ1n) is 6.28. The molecule has 1 fully saturated rings. The number of amides is 2. The summed E-state index contributed by atoms with van der Waals surface area (Å²) in [6.07, 6.45) is 1.10. The van der Waals surface area contributed by atoms with Crippen molar-refractivity contribution in [2.75, 3.05) is 13.6 Å². The molecule has 0 aliphatic carbocycles. The third kappa shape index (κ3) is 3.10. The Bertz CT molecular complexity index is 516. The van der Waals surface area contributed by atoms with Gasteiger partial charge in [-0.2, -0.15) is 0 Å². The fraction of sp³-hybridized carbons (Fsp3) is 0.429. The Kier molecular flexibility index (Phi) is 3.83. The number of hydrogen-bond donors (Lipinski definition) is 1. The molecule has 1 N–H and O–H groups in total. The van der Waals surface area contributed by atoms with E-state index in [1.54, 1.807) is 18.9 Å². The van der Waals surface area contributed by atoms with Crippen LogP contribution in [0.3, 0.4) is 0 Å². The Balaban J connectivity index is 2.01. The van der Waals surface area contributed by atoms with Gasteiger partial charge < -0.3 is 10.2 Å². The molecule has 2 rings (SSSR count). The van der Waals surface area contributed by atoms with Crippen molar-refractivity contribution in [3.05, 3.63) is 35.1 Å². The third-order valence-electron chi connectivity index (χ3n) is 3.38. The average Bonchev–Trinajstić information content (AvgIpc) is 2.37. The molecule has 1 saturated heterocycles. The topological polar surface area (TPSA) is 49.4 Å². The van der Waals surface area contributed by atoms with E-state index in [1.165, 1.54) is 18.2 Å². The molecule has 102 valence electrons. The van der Waals surface area contributed by atoms with Gasteiger partial charge in [0.15, 0.2) is 0 Å². The van der Waals surface area contributed by atoms with Crippen LogP contribution < -0.4 is 5.32 Å².